The van der Waals surface area contributed by atoms with Crippen molar-refractivity contribution < 1.29 is 9.79 Å². The third-order valence-corrected chi connectivity index (χ3v) is 2.67. The molecular weight excluding hydrogens is 147 g/mol. The molecule has 0 rings (SSSR count). The Morgan fingerprint density at radius 3 is 2.30 bits per heavy atom. The summed E-state index contributed by atoms with van der Waals surface area (Å²) < 4.78 is 0. The van der Waals surface area contributed by atoms with Gasteiger partial charge in [-0.1, -0.05) is 33.1 Å². The van der Waals surface area contributed by atoms with Crippen molar-refractivity contribution in [1.82, 2.24) is 0 Å². The van der Waals surface area contributed by atoms with Crippen molar-refractivity contribution in [3.8, 4) is 0 Å². The van der Waals surface area contributed by atoms with Crippen LogP contribution in [-0.4, -0.2) is 15.4 Å². The molecule has 0 aromatic rings. The minimum atomic E-state index is -1.68. The summed E-state index contributed by atoms with van der Waals surface area (Å²) in [5, 5.41) is 0. The van der Waals surface area contributed by atoms with Crippen LogP contribution in [0.25, 0.3) is 0 Å². The lowest BCUT2D eigenvalue weighted by molar-refractivity contribution is 0.459. The second-order valence-electron chi connectivity index (χ2n) is 2.67. The number of hydrogen-bond donors (Lipinski definition) is 2. The average molecular weight is 164 g/mol. The maximum absolute atomic E-state index is 8.74. The molecule has 0 aromatic heterocycles. The molecule has 2 nitrogen and oxygen atoms in total. The molecule has 0 saturated heterocycles. The topological polar surface area (TPSA) is 40.5 Å². The minimum Gasteiger partial charge on any atom is -0.350 e. The summed E-state index contributed by atoms with van der Waals surface area (Å²) in [5.74, 6) is 0. The fraction of sp³-hybridized carbons (Fsp3) is 1.00. The maximum atomic E-state index is 8.74. The molecule has 0 aliphatic rings. The van der Waals surface area contributed by atoms with E-state index in [1.165, 1.54) is 12.8 Å². The molecule has 1 atom stereocenters. The van der Waals surface area contributed by atoms with Crippen LogP contribution in [0, 0.1) is 0 Å². The lowest BCUT2D eigenvalue weighted by atomic mass is 10.2. The molecule has 0 heterocycles. The Kier molecular flexibility index (Phi) is 6.30. The zero-order valence-electron chi connectivity index (χ0n) is 6.75. The first-order valence-corrected chi connectivity index (χ1v) is 5.17. The first-order chi connectivity index (χ1) is 4.68. The van der Waals surface area contributed by atoms with Crippen molar-refractivity contribution in [2.24, 2.45) is 0 Å². The van der Waals surface area contributed by atoms with E-state index in [4.69, 9.17) is 9.79 Å². The Balaban J connectivity index is 3.13. The van der Waals surface area contributed by atoms with Gasteiger partial charge in [0.1, 0.15) is 0 Å². The molecule has 0 radical (unpaired) electrons. The molecule has 0 aliphatic heterocycles. The lowest BCUT2D eigenvalue weighted by Gasteiger charge is -2.10. The van der Waals surface area contributed by atoms with Crippen molar-refractivity contribution in [3.05, 3.63) is 0 Å². The van der Waals surface area contributed by atoms with Gasteiger partial charge in [-0.05, 0) is 6.42 Å². The largest absolute Gasteiger partial charge is 0.350 e. The van der Waals surface area contributed by atoms with Crippen LogP contribution in [0.4, 0.5) is 0 Å². The molecule has 3 heteroatoms. The highest BCUT2D eigenvalue weighted by Crippen LogP contribution is 2.33. The van der Waals surface area contributed by atoms with Crippen LogP contribution in [0.5, 0.6) is 0 Å². The summed E-state index contributed by atoms with van der Waals surface area (Å²) in [6, 6.07) is 0. The van der Waals surface area contributed by atoms with Crippen molar-refractivity contribution in [2.45, 2.75) is 45.2 Å². The van der Waals surface area contributed by atoms with Gasteiger partial charge in [-0.15, -0.1) is 0 Å². The molecule has 0 spiro atoms. The highest BCUT2D eigenvalue weighted by atomic mass is 31.2. The van der Waals surface area contributed by atoms with E-state index < -0.39 is 8.38 Å². The number of unbranched alkanes of at least 4 members (excludes halogenated alkanes) is 2. The maximum Gasteiger partial charge on any atom is 0.167 e. The highest BCUT2D eigenvalue weighted by Gasteiger charge is 2.09. The van der Waals surface area contributed by atoms with Crippen molar-refractivity contribution in [2.75, 3.05) is 0 Å². The normalized spacial score (nSPS) is 14.1. The van der Waals surface area contributed by atoms with Gasteiger partial charge in [-0.3, -0.25) is 0 Å². The second kappa shape index (κ2) is 6.09. The van der Waals surface area contributed by atoms with Gasteiger partial charge < -0.3 is 9.79 Å². The van der Waals surface area contributed by atoms with E-state index in [0.29, 0.717) is 0 Å². The Labute approximate surface area is 64.2 Å². The molecule has 0 fully saturated rings. The monoisotopic (exact) mass is 164 g/mol. The van der Waals surface area contributed by atoms with Crippen LogP contribution in [0.2, 0.25) is 0 Å². The van der Waals surface area contributed by atoms with Gasteiger partial charge in [0.2, 0.25) is 0 Å². The first-order valence-electron chi connectivity index (χ1n) is 3.85. The number of rotatable bonds is 5. The van der Waals surface area contributed by atoms with Gasteiger partial charge >= 0.3 is 0 Å². The van der Waals surface area contributed by atoms with Crippen LogP contribution in [0.1, 0.15) is 39.5 Å². The van der Waals surface area contributed by atoms with Gasteiger partial charge in [0.05, 0.1) is 0 Å². The van der Waals surface area contributed by atoms with Crippen LogP contribution >= 0.6 is 8.38 Å². The Morgan fingerprint density at radius 1 is 1.30 bits per heavy atom. The SMILES string of the molecule is CCCCCC(C)P(O)O. The second-order valence-corrected chi connectivity index (χ2v) is 4.19. The average Bonchev–Trinajstić information content (AvgIpc) is 1.88. The summed E-state index contributed by atoms with van der Waals surface area (Å²) in [6.07, 6.45) is 4.47. The zero-order valence-corrected chi connectivity index (χ0v) is 7.64. The van der Waals surface area contributed by atoms with Crippen molar-refractivity contribution in [3.63, 3.8) is 0 Å². The van der Waals surface area contributed by atoms with Gasteiger partial charge in [0.25, 0.3) is 0 Å². The van der Waals surface area contributed by atoms with E-state index >= 15 is 0 Å². The molecule has 1 unspecified atom stereocenters. The minimum absolute atomic E-state index is 0.0987. The predicted octanol–water partition coefficient (Wildman–Crippen LogP) is 2.25. The highest BCUT2D eigenvalue weighted by molar-refractivity contribution is 7.45. The van der Waals surface area contributed by atoms with Gasteiger partial charge in [0, 0.05) is 5.66 Å². The summed E-state index contributed by atoms with van der Waals surface area (Å²) in [6.45, 7) is 4.03. The van der Waals surface area contributed by atoms with E-state index in [-0.39, 0.29) is 5.66 Å². The first kappa shape index (κ1) is 10.3. The molecule has 0 aromatic carbocycles. The molecule has 10 heavy (non-hydrogen) atoms. The van der Waals surface area contributed by atoms with Crippen molar-refractivity contribution >= 4 is 8.38 Å². The van der Waals surface area contributed by atoms with Gasteiger partial charge in [0.15, 0.2) is 8.38 Å². The molecule has 0 bridgehead atoms. The van der Waals surface area contributed by atoms with Gasteiger partial charge in [-0.25, -0.2) is 0 Å². The third kappa shape index (κ3) is 5.16. The Morgan fingerprint density at radius 2 is 1.90 bits per heavy atom. The van der Waals surface area contributed by atoms with E-state index in [2.05, 4.69) is 6.92 Å². The predicted molar refractivity (Wildman–Crippen MR) is 45.0 cm³/mol. The standard InChI is InChI=1S/C7H17O2P/c1-3-4-5-6-7(2)10(8)9/h7-9H,3-6H2,1-2H3. The summed E-state index contributed by atoms with van der Waals surface area (Å²) in [7, 11) is -1.68. The quantitative estimate of drug-likeness (QED) is 0.483. The van der Waals surface area contributed by atoms with Crippen molar-refractivity contribution in [1.29, 1.82) is 0 Å². The summed E-state index contributed by atoms with van der Waals surface area (Å²) in [4.78, 5) is 17.5. The molecule has 2 N–H and O–H groups in total. The third-order valence-electron chi connectivity index (χ3n) is 1.62. The molecule has 0 saturated carbocycles. The Hall–Kier alpha value is 0.350. The van der Waals surface area contributed by atoms with Crippen LogP contribution < -0.4 is 0 Å². The summed E-state index contributed by atoms with van der Waals surface area (Å²) >= 11 is 0. The Bertz CT molecular complexity index is 76.0. The van der Waals surface area contributed by atoms with Crippen LogP contribution in [0.3, 0.4) is 0 Å². The fourth-order valence-electron chi connectivity index (χ4n) is 0.805. The van der Waals surface area contributed by atoms with E-state index in [9.17, 15) is 0 Å². The summed E-state index contributed by atoms with van der Waals surface area (Å²) in [5.41, 5.74) is 0.0987. The van der Waals surface area contributed by atoms with Gasteiger partial charge in [-0.2, -0.15) is 0 Å². The molecule has 0 aliphatic carbocycles. The van der Waals surface area contributed by atoms with E-state index in [1.807, 2.05) is 6.92 Å². The van der Waals surface area contributed by atoms with E-state index in [0.717, 1.165) is 12.8 Å². The fourth-order valence-corrected chi connectivity index (χ4v) is 1.22. The number of hydrogen-bond acceptors (Lipinski definition) is 2. The van der Waals surface area contributed by atoms with Crippen LogP contribution in [-0.2, 0) is 0 Å². The molecular formula is C7H17O2P. The zero-order chi connectivity index (χ0) is 7.98. The molecule has 62 valence electrons. The smallest absolute Gasteiger partial charge is 0.167 e. The molecule has 0 amide bonds. The van der Waals surface area contributed by atoms with Crippen LogP contribution in [0.15, 0.2) is 0 Å². The lowest BCUT2D eigenvalue weighted by Crippen LogP contribution is -1.98. The van der Waals surface area contributed by atoms with E-state index in [1.54, 1.807) is 0 Å².